The molecule has 0 saturated carbocycles. The number of hydrogen-bond donors (Lipinski definition) is 1. The molecule has 0 saturated heterocycles. The van der Waals surface area contributed by atoms with Crippen LogP contribution in [0.2, 0.25) is 0 Å². The fourth-order valence-corrected chi connectivity index (χ4v) is 2.22. The molecule has 5 heteroatoms. The summed E-state index contributed by atoms with van der Waals surface area (Å²) in [6.45, 7) is 3.84. The van der Waals surface area contributed by atoms with E-state index >= 15 is 0 Å². The van der Waals surface area contributed by atoms with Crippen LogP contribution in [0.25, 0.3) is 0 Å². The Labute approximate surface area is 132 Å². The summed E-state index contributed by atoms with van der Waals surface area (Å²) in [5.74, 6) is 8.28. The maximum Gasteiger partial charge on any atom is 0.107 e. The Bertz CT molecular complexity index is 328. The van der Waals surface area contributed by atoms with Gasteiger partial charge >= 0.3 is 0 Å². The van der Waals surface area contributed by atoms with Crippen molar-refractivity contribution in [3.63, 3.8) is 0 Å². The van der Waals surface area contributed by atoms with Gasteiger partial charge in [-0.2, -0.15) is 0 Å². The summed E-state index contributed by atoms with van der Waals surface area (Å²) in [5, 5.41) is 0. The highest BCUT2D eigenvalue weighted by Crippen LogP contribution is 2.14. The number of ether oxygens (including phenoxy) is 3. The second kappa shape index (κ2) is 13.8. The first-order chi connectivity index (χ1) is 10.2. The van der Waals surface area contributed by atoms with Crippen molar-refractivity contribution in [2.24, 2.45) is 0 Å². The first-order valence-electron chi connectivity index (χ1n) is 6.67. The van der Waals surface area contributed by atoms with Crippen LogP contribution >= 0.6 is 11.9 Å². The van der Waals surface area contributed by atoms with Crippen LogP contribution in [0.4, 0.5) is 0 Å². The lowest BCUT2D eigenvalue weighted by Crippen LogP contribution is -2.54. The molecule has 0 aromatic carbocycles. The molecule has 0 aromatic heterocycles. The van der Waals surface area contributed by atoms with Crippen molar-refractivity contribution in [1.29, 1.82) is 0 Å². The number of hydrogen-bond acceptors (Lipinski definition) is 5. The van der Waals surface area contributed by atoms with Gasteiger partial charge in [0.1, 0.15) is 19.8 Å². The van der Waals surface area contributed by atoms with Gasteiger partial charge in [-0.15, -0.1) is 19.3 Å². The minimum absolute atomic E-state index is 0.228. The SMILES string of the molecule is C#CCOCC(COCC#C)(COCC#C)NSCCC. The Hall–Kier alpha value is -1.13. The molecule has 0 unspecified atom stereocenters. The molecule has 0 rings (SSSR count). The summed E-state index contributed by atoms with van der Waals surface area (Å²) in [7, 11) is 0. The predicted molar refractivity (Wildman–Crippen MR) is 87.6 cm³/mol. The molecule has 0 bridgehead atoms. The molecule has 21 heavy (non-hydrogen) atoms. The van der Waals surface area contributed by atoms with Crippen LogP contribution in [-0.2, 0) is 14.2 Å². The lowest BCUT2D eigenvalue weighted by Gasteiger charge is -2.33. The van der Waals surface area contributed by atoms with Crippen LogP contribution in [0.3, 0.4) is 0 Å². The van der Waals surface area contributed by atoms with Crippen molar-refractivity contribution in [2.75, 3.05) is 45.4 Å². The van der Waals surface area contributed by atoms with Crippen LogP contribution in [0.15, 0.2) is 0 Å². The average Bonchev–Trinajstić information content (AvgIpc) is 2.48. The Kier molecular flexibility index (Phi) is 13.1. The fourth-order valence-electron chi connectivity index (χ4n) is 1.44. The Morgan fingerprint density at radius 1 is 0.905 bits per heavy atom. The van der Waals surface area contributed by atoms with Crippen LogP contribution in [0.5, 0.6) is 0 Å². The van der Waals surface area contributed by atoms with Crippen molar-refractivity contribution in [1.82, 2.24) is 4.72 Å². The molecular formula is C16H23NO3S. The third-order valence-electron chi connectivity index (χ3n) is 2.29. The van der Waals surface area contributed by atoms with Gasteiger partial charge in [0.15, 0.2) is 0 Å². The smallest absolute Gasteiger partial charge is 0.107 e. The van der Waals surface area contributed by atoms with Gasteiger partial charge in [0.05, 0.1) is 25.4 Å². The molecule has 0 aliphatic heterocycles. The Morgan fingerprint density at radius 3 is 1.67 bits per heavy atom. The highest BCUT2D eigenvalue weighted by molar-refractivity contribution is 7.97. The van der Waals surface area contributed by atoms with Crippen LogP contribution < -0.4 is 4.72 Å². The lowest BCUT2D eigenvalue weighted by molar-refractivity contribution is -0.0110. The summed E-state index contributed by atoms with van der Waals surface area (Å²) in [6, 6.07) is 0. The molecule has 0 atom stereocenters. The molecule has 4 nitrogen and oxygen atoms in total. The van der Waals surface area contributed by atoms with E-state index in [0.717, 1.165) is 12.2 Å². The minimum Gasteiger partial charge on any atom is -0.367 e. The number of rotatable bonds is 13. The maximum atomic E-state index is 5.47. The zero-order valence-electron chi connectivity index (χ0n) is 12.5. The highest BCUT2D eigenvalue weighted by atomic mass is 32.2. The van der Waals surface area contributed by atoms with Crippen molar-refractivity contribution in [3.8, 4) is 37.0 Å². The quantitative estimate of drug-likeness (QED) is 0.316. The molecule has 0 heterocycles. The van der Waals surface area contributed by atoms with Gasteiger partial charge in [0.25, 0.3) is 0 Å². The van der Waals surface area contributed by atoms with Gasteiger partial charge in [-0.3, -0.25) is 4.72 Å². The van der Waals surface area contributed by atoms with Crippen molar-refractivity contribution in [2.45, 2.75) is 18.9 Å². The maximum absolute atomic E-state index is 5.47. The first-order valence-corrected chi connectivity index (χ1v) is 7.65. The van der Waals surface area contributed by atoms with Gasteiger partial charge in [0, 0.05) is 5.75 Å². The van der Waals surface area contributed by atoms with Gasteiger partial charge in [0.2, 0.25) is 0 Å². The van der Waals surface area contributed by atoms with Crippen LogP contribution in [0.1, 0.15) is 13.3 Å². The normalized spacial score (nSPS) is 10.6. The van der Waals surface area contributed by atoms with E-state index in [1.54, 1.807) is 11.9 Å². The second-order valence-corrected chi connectivity index (χ2v) is 5.22. The largest absolute Gasteiger partial charge is 0.367 e. The van der Waals surface area contributed by atoms with Crippen molar-refractivity contribution < 1.29 is 14.2 Å². The molecule has 1 N–H and O–H groups in total. The topological polar surface area (TPSA) is 39.7 Å². The first kappa shape index (κ1) is 19.9. The van der Waals surface area contributed by atoms with Gasteiger partial charge in [-0.1, -0.05) is 36.6 Å². The third kappa shape index (κ3) is 10.3. The molecule has 0 aliphatic carbocycles. The molecule has 0 amide bonds. The Balaban J connectivity index is 4.66. The summed E-state index contributed by atoms with van der Waals surface area (Å²) in [5.41, 5.74) is -0.537. The van der Waals surface area contributed by atoms with E-state index in [1.165, 1.54) is 0 Å². The molecule has 0 aromatic rings. The van der Waals surface area contributed by atoms with Gasteiger partial charge in [-0.25, -0.2) is 0 Å². The molecule has 116 valence electrons. The van der Waals surface area contributed by atoms with Crippen molar-refractivity contribution in [3.05, 3.63) is 0 Å². The number of terminal acetylenes is 3. The minimum atomic E-state index is -0.537. The molecule has 0 aliphatic rings. The summed E-state index contributed by atoms with van der Waals surface area (Å²) < 4.78 is 19.7. The highest BCUT2D eigenvalue weighted by Gasteiger charge is 2.31. The Morgan fingerprint density at radius 2 is 1.33 bits per heavy atom. The molecular weight excluding hydrogens is 286 g/mol. The molecule has 0 radical (unpaired) electrons. The van der Waals surface area contributed by atoms with E-state index < -0.39 is 5.54 Å². The van der Waals surface area contributed by atoms with Gasteiger partial charge < -0.3 is 14.2 Å². The van der Waals surface area contributed by atoms with Crippen LogP contribution in [-0.4, -0.2) is 50.9 Å². The standard InChI is InChI=1S/C16H23NO3S/c1-5-9-18-13-16(14-19-10-6-2,15-20-11-7-3)17-21-12-8-4/h1-3,17H,8-15H2,4H3. The molecule has 0 fully saturated rings. The van der Waals surface area contributed by atoms with Crippen molar-refractivity contribution >= 4 is 11.9 Å². The average molecular weight is 309 g/mol. The van der Waals surface area contributed by atoms with E-state index in [-0.39, 0.29) is 19.8 Å². The number of nitrogens with one attached hydrogen (secondary N) is 1. The fraction of sp³-hybridized carbons (Fsp3) is 0.625. The molecule has 0 spiro atoms. The van der Waals surface area contributed by atoms with E-state index in [2.05, 4.69) is 29.4 Å². The zero-order valence-corrected chi connectivity index (χ0v) is 13.3. The summed E-state index contributed by atoms with van der Waals surface area (Å²) in [4.78, 5) is 0. The zero-order chi connectivity index (χ0) is 15.8. The summed E-state index contributed by atoms with van der Waals surface area (Å²) in [6.07, 6.45) is 16.7. The predicted octanol–water partition coefficient (Wildman–Crippen LogP) is 1.32. The lowest BCUT2D eigenvalue weighted by atomic mass is 10.1. The van der Waals surface area contributed by atoms with E-state index in [0.29, 0.717) is 19.8 Å². The van der Waals surface area contributed by atoms with Crippen LogP contribution in [0, 0.1) is 37.0 Å². The third-order valence-corrected chi connectivity index (χ3v) is 3.48. The van der Waals surface area contributed by atoms with E-state index in [1.807, 2.05) is 0 Å². The second-order valence-electron chi connectivity index (χ2n) is 4.32. The van der Waals surface area contributed by atoms with E-state index in [9.17, 15) is 0 Å². The van der Waals surface area contributed by atoms with E-state index in [4.69, 9.17) is 33.5 Å². The monoisotopic (exact) mass is 309 g/mol. The summed E-state index contributed by atoms with van der Waals surface area (Å²) >= 11 is 1.59. The van der Waals surface area contributed by atoms with Gasteiger partial charge in [-0.05, 0) is 6.42 Å².